The largest absolute Gasteiger partial charge is 0.355 e. The summed E-state index contributed by atoms with van der Waals surface area (Å²) >= 11 is 3.49. The lowest BCUT2D eigenvalue weighted by Gasteiger charge is -2.06. The van der Waals surface area contributed by atoms with Crippen LogP contribution in [0.3, 0.4) is 0 Å². The average Bonchev–Trinajstić information content (AvgIpc) is 2.53. The Morgan fingerprint density at radius 2 is 2.24 bits per heavy atom. The van der Waals surface area contributed by atoms with E-state index in [2.05, 4.69) is 31.7 Å². The molecule has 1 rings (SSSR count). The molecule has 1 aromatic heterocycles. The van der Waals surface area contributed by atoms with Crippen LogP contribution in [0.4, 0.5) is 0 Å². The maximum Gasteiger partial charge on any atom is 0.233 e. The second-order valence-corrected chi connectivity index (χ2v) is 4.72. The number of carbonyl (C=O) groups excluding carboxylic acids is 1. The number of aryl methyl sites for hydroxylation is 2. The summed E-state index contributed by atoms with van der Waals surface area (Å²) in [6.07, 6.45) is 0.957. The van der Waals surface area contributed by atoms with Crippen molar-refractivity contribution in [1.29, 1.82) is 0 Å². The quantitative estimate of drug-likeness (QED) is 0.827. The van der Waals surface area contributed by atoms with Gasteiger partial charge in [0.25, 0.3) is 0 Å². The van der Waals surface area contributed by atoms with Gasteiger partial charge < -0.3 is 10.6 Å². The molecule has 2 N–H and O–H groups in total. The second kappa shape index (κ2) is 6.76. The Balaban J connectivity index is 2.38. The first-order chi connectivity index (χ1) is 8.06. The van der Waals surface area contributed by atoms with E-state index in [0.717, 1.165) is 28.8 Å². The van der Waals surface area contributed by atoms with Crippen LogP contribution in [0.5, 0.6) is 0 Å². The molecule has 0 spiro atoms. The Morgan fingerprint density at radius 1 is 1.53 bits per heavy atom. The predicted octanol–water partition coefficient (Wildman–Crippen LogP) is 1.11. The van der Waals surface area contributed by atoms with E-state index in [1.807, 2.05) is 25.6 Å². The van der Waals surface area contributed by atoms with Crippen molar-refractivity contribution in [3.05, 3.63) is 15.9 Å². The standard InChI is InChI=1S/C11H19BrN4O/c1-4-5-14-10(17)7-13-6-9-11(12)8(2)15-16(9)3/h13H,4-7H2,1-3H3,(H,14,17). The van der Waals surface area contributed by atoms with Gasteiger partial charge in [0, 0.05) is 20.1 Å². The Morgan fingerprint density at radius 3 is 2.76 bits per heavy atom. The molecular weight excluding hydrogens is 284 g/mol. The van der Waals surface area contributed by atoms with Gasteiger partial charge in [-0.15, -0.1) is 0 Å². The van der Waals surface area contributed by atoms with Crippen molar-refractivity contribution in [1.82, 2.24) is 20.4 Å². The van der Waals surface area contributed by atoms with Gasteiger partial charge in [0.15, 0.2) is 0 Å². The van der Waals surface area contributed by atoms with Crippen molar-refractivity contribution in [3.63, 3.8) is 0 Å². The molecule has 0 radical (unpaired) electrons. The van der Waals surface area contributed by atoms with Crippen molar-refractivity contribution in [3.8, 4) is 0 Å². The number of hydrogen-bond donors (Lipinski definition) is 2. The van der Waals surface area contributed by atoms with E-state index in [-0.39, 0.29) is 5.91 Å². The molecule has 0 aromatic carbocycles. The van der Waals surface area contributed by atoms with Gasteiger partial charge in [0.1, 0.15) is 0 Å². The van der Waals surface area contributed by atoms with Crippen LogP contribution in [0.25, 0.3) is 0 Å². The van der Waals surface area contributed by atoms with E-state index in [1.165, 1.54) is 0 Å². The molecule has 0 aliphatic rings. The topological polar surface area (TPSA) is 59.0 Å². The lowest BCUT2D eigenvalue weighted by Crippen LogP contribution is -2.34. The van der Waals surface area contributed by atoms with Crippen LogP contribution in [-0.4, -0.2) is 28.8 Å². The smallest absolute Gasteiger partial charge is 0.233 e. The monoisotopic (exact) mass is 302 g/mol. The first-order valence-corrected chi connectivity index (χ1v) is 6.51. The number of halogens is 1. The summed E-state index contributed by atoms with van der Waals surface area (Å²) < 4.78 is 2.82. The van der Waals surface area contributed by atoms with Crippen LogP contribution in [0, 0.1) is 6.92 Å². The van der Waals surface area contributed by atoms with Gasteiger partial charge in [-0.2, -0.15) is 5.10 Å². The minimum absolute atomic E-state index is 0.0295. The van der Waals surface area contributed by atoms with Gasteiger partial charge in [0.2, 0.25) is 5.91 Å². The number of nitrogens with zero attached hydrogens (tertiary/aromatic N) is 2. The normalized spacial score (nSPS) is 10.6. The second-order valence-electron chi connectivity index (χ2n) is 3.92. The number of aromatic nitrogens is 2. The highest BCUT2D eigenvalue weighted by atomic mass is 79.9. The minimum atomic E-state index is 0.0295. The first kappa shape index (κ1) is 14.2. The Labute approximate surface area is 110 Å². The van der Waals surface area contributed by atoms with E-state index in [1.54, 1.807) is 0 Å². The van der Waals surface area contributed by atoms with Gasteiger partial charge in [-0.1, -0.05) is 6.92 Å². The molecule has 17 heavy (non-hydrogen) atoms. The highest BCUT2D eigenvalue weighted by Crippen LogP contribution is 2.19. The third-order valence-electron chi connectivity index (χ3n) is 2.41. The van der Waals surface area contributed by atoms with Crippen molar-refractivity contribution in [2.75, 3.05) is 13.1 Å². The highest BCUT2D eigenvalue weighted by Gasteiger charge is 2.10. The van der Waals surface area contributed by atoms with Crippen molar-refractivity contribution in [2.45, 2.75) is 26.8 Å². The zero-order valence-corrected chi connectivity index (χ0v) is 12.1. The van der Waals surface area contributed by atoms with E-state index >= 15 is 0 Å². The van der Waals surface area contributed by atoms with Gasteiger partial charge in [-0.05, 0) is 29.3 Å². The van der Waals surface area contributed by atoms with Crippen LogP contribution >= 0.6 is 15.9 Å². The fourth-order valence-corrected chi connectivity index (χ4v) is 1.97. The van der Waals surface area contributed by atoms with E-state index < -0.39 is 0 Å². The summed E-state index contributed by atoms with van der Waals surface area (Å²) in [5.74, 6) is 0.0295. The van der Waals surface area contributed by atoms with E-state index in [0.29, 0.717) is 13.1 Å². The lowest BCUT2D eigenvalue weighted by atomic mass is 10.3. The molecule has 96 valence electrons. The Bertz CT molecular complexity index is 389. The number of carbonyl (C=O) groups is 1. The van der Waals surface area contributed by atoms with Gasteiger partial charge in [0.05, 0.1) is 22.4 Å². The Hall–Kier alpha value is -0.880. The average molecular weight is 303 g/mol. The third-order valence-corrected chi connectivity index (χ3v) is 3.44. The van der Waals surface area contributed by atoms with Gasteiger partial charge in [-0.3, -0.25) is 9.48 Å². The minimum Gasteiger partial charge on any atom is -0.355 e. The molecule has 0 aliphatic carbocycles. The molecule has 0 bridgehead atoms. The molecule has 1 heterocycles. The first-order valence-electron chi connectivity index (χ1n) is 5.71. The number of amides is 1. The summed E-state index contributed by atoms with van der Waals surface area (Å²) in [7, 11) is 1.89. The van der Waals surface area contributed by atoms with Crippen LogP contribution < -0.4 is 10.6 Å². The van der Waals surface area contributed by atoms with Crippen LogP contribution in [0.1, 0.15) is 24.7 Å². The maximum atomic E-state index is 11.4. The molecule has 0 aliphatic heterocycles. The Kier molecular flexibility index (Phi) is 5.64. The summed E-state index contributed by atoms with van der Waals surface area (Å²) in [5, 5.41) is 10.2. The number of hydrogen-bond acceptors (Lipinski definition) is 3. The molecule has 0 saturated carbocycles. The van der Waals surface area contributed by atoms with Crippen LogP contribution in [-0.2, 0) is 18.4 Å². The van der Waals surface area contributed by atoms with Crippen molar-refractivity contribution in [2.24, 2.45) is 7.05 Å². The summed E-state index contributed by atoms with van der Waals surface area (Å²) in [6.45, 7) is 5.66. The predicted molar refractivity (Wildman–Crippen MR) is 70.7 cm³/mol. The molecule has 1 aromatic rings. The summed E-state index contributed by atoms with van der Waals surface area (Å²) in [6, 6.07) is 0. The fraction of sp³-hybridized carbons (Fsp3) is 0.636. The molecule has 1 amide bonds. The fourth-order valence-electron chi connectivity index (χ4n) is 1.49. The number of nitrogens with one attached hydrogen (secondary N) is 2. The van der Waals surface area contributed by atoms with Gasteiger partial charge in [-0.25, -0.2) is 0 Å². The molecule has 0 saturated heterocycles. The zero-order chi connectivity index (χ0) is 12.8. The third kappa shape index (κ3) is 4.12. The zero-order valence-electron chi connectivity index (χ0n) is 10.5. The molecule has 0 unspecified atom stereocenters. The van der Waals surface area contributed by atoms with Crippen LogP contribution in [0.2, 0.25) is 0 Å². The van der Waals surface area contributed by atoms with Crippen molar-refractivity contribution < 1.29 is 4.79 Å². The molecular formula is C11H19BrN4O. The molecule has 6 heteroatoms. The van der Waals surface area contributed by atoms with Gasteiger partial charge >= 0.3 is 0 Å². The molecule has 5 nitrogen and oxygen atoms in total. The summed E-state index contributed by atoms with van der Waals surface area (Å²) in [4.78, 5) is 11.4. The summed E-state index contributed by atoms with van der Waals surface area (Å²) in [5.41, 5.74) is 2.01. The molecule has 0 fully saturated rings. The van der Waals surface area contributed by atoms with E-state index in [9.17, 15) is 4.79 Å². The lowest BCUT2D eigenvalue weighted by molar-refractivity contribution is -0.120. The maximum absolute atomic E-state index is 11.4. The van der Waals surface area contributed by atoms with Crippen molar-refractivity contribution >= 4 is 21.8 Å². The van der Waals surface area contributed by atoms with E-state index in [4.69, 9.17) is 0 Å². The highest BCUT2D eigenvalue weighted by molar-refractivity contribution is 9.10. The number of rotatable bonds is 6. The molecule has 0 atom stereocenters. The van der Waals surface area contributed by atoms with Crippen LogP contribution in [0.15, 0.2) is 4.47 Å². The SMILES string of the molecule is CCCNC(=O)CNCc1c(Br)c(C)nn1C.